The summed E-state index contributed by atoms with van der Waals surface area (Å²) in [7, 11) is -3.39. The van der Waals surface area contributed by atoms with E-state index in [-0.39, 0.29) is 11.4 Å². The van der Waals surface area contributed by atoms with Crippen LogP contribution in [-0.2, 0) is 16.4 Å². The van der Waals surface area contributed by atoms with Crippen LogP contribution in [0.2, 0.25) is 0 Å². The Balaban J connectivity index is 1.77. The molecule has 2 amide bonds. The molecule has 0 fully saturated rings. The third-order valence-electron chi connectivity index (χ3n) is 4.08. The van der Waals surface area contributed by atoms with Crippen LogP contribution < -0.4 is 14.9 Å². The van der Waals surface area contributed by atoms with Gasteiger partial charge in [0, 0.05) is 18.3 Å². The van der Waals surface area contributed by atoms with Crippen molar-refractivity contribution in [3.63, 3.8) is 0 Å². The van der Waals surface area contributed by atoms with Crippen LogP contribution in [0.4, 0.5) is 30.6 Å². The van der Waals surface area contributed by atoms with Crippen molar-refractivity contribution in [2.45, 2.75) is 13.3 Å². The Labute approximate surface area is 149 Å². The molecule has 0 radical (unpaired) electrons. The van der Waals surface area contributed by atoms with Gasteiger partial charge < -0.3 is 10.6 Å². The number of hydrogen-bond acceptors (Lipinski definition) is 3. The number of nitrogens with one attached hydrogen (secondary N) is 2. The monoisotopic (exact) mass is 381 g/mol. The molecule has 2 aromatic carbocycles. The first kappa shape index (κ1) is 18.1. The number of halogens is 2. The summed E-state index contributed by atoms with van der Waals surface area (Å²) in [5, 5.41) is 4.80. The van der Waals surface area contributed by atoms with E-state index in [0.29, 0.717) is 30.4 Å². The van der Waals surface area contributed by atoms with Crippen molar-refractivity contribution in [2.75, 3.05) is 27.2 Å². The molecular weight excluding hydrogens is 364 g/mol. The van der Waals surface area contributed by atoms with E-state index in [0.717, 1.165) is 17.7 Å². The number of rotatable bonds is 4. The number of benzene rings is 2. The molecule has 0 unspecified atom stereocenters. The van der Waals surface area contributed by atoms with Crippen LogP contribution in [0.25, 0.3) is 0 Å². The minimum absolute atomic E-state index is 0.0194. The molecule has 26 heavy (non-hydrogen) atoms. The first-order valence-corrected chi connectivity index (χ1v) is 9.57. The van der Waals surface area contributed by atoms with Gasteiger partial charge in [0.1, 0.15) is 11.6 Å². The number of urea groups is 1. The van der Waals surface area contributed by atoms with Crippen LogP contribution >= 0.6 is 0 Å². The van der Waals surface area contributed by atoms with Crippen molar-refractivity contribution in [1.29, 1.82) is 0 Å². The highest BCUT2D eigenvalue weighted by Gasteiger charge is 2.28. The fourth-order valence-electron chi connectivity index (χ4n) is 2.75. The Kier molecular flexibility index (Phi) is 4.82. The maximum Gasteiger partial charge on any atom is 0.323 e. The zero-order valence-electron chi connectivity index (χ0n) is 13.9. The van der Waals surface area contributed by atoms with Gasteiger partial charge in [-0.05, 0) is 43.2 Å². The lowest BCUT2D eigenvalue weighted by atomic mass is 10.1. The maximum absolute atomic E-state index is 13.6. The van der Waals surface area contributed by atoms with Crippen molar-refractivity contribution < 1.29 is 22.0 Å². The third kappa shape index (κ3) is 3.62. The van der Waals surface area contributed by atoms with E-state index in [1.165, 1.54) is 4.31 Å². The predicted molar refractivity (Wildman–Crippen MR) is 96.0 cm³/mol. The number of nitrogens with zero attached hydrogens (tertiary/aromatic N) is 1. The second kappa shape index (κ2) is 6.91. The minimum Gasteiger partial charge on any atom is -0.308 e. The summed E-state index contributed by atoms with van der Waals surface area (Å²) in [6.07, 6.45) is 0.599. The quantitative estimate of drug-likeness (QED) is 0.853. The molecule has 6 nitrogen and oxygen atoms in total. The van der Waals surface area contributed by atoms with Gasteiger partial charge in [-0.2, -0.15) is 0 Å². The average molecular weight is 381 g/mol. The second-order valence-electron chi connectivity index (χ2n) is 5.77. The minimum atomic E-state index is -3.39. The van der Waals surface area contributed by atoms with Gasteiger partial charge in [-0.3, -0.25) is 4.31 Å². The van der Waals surface area contributed by atoms with Gasteiger partial charge in [0.05, 0.1) is 17.1 Å². The van der Waals surface area contributed by atoms with Gasteiger partial charge >= 0.3 is 6.03 Å². The molecule has 1 heterocycles. The van der Waals surface area contributed by atoms with Gasteiger partial charge in [-0.1, -0.05) is 6.07 Å². The van der Waals surface area contributed by atoms with E-state index < -0.39 is 27.7 Å². The molecule has 0 bridgehead atoms. The number of amides is 2. The second-order valence-corrected chi connectivity index (χ2v) is 7.95. The molecule has 1 aliphatic rings. The molecule has 1 aliphatic heterocycles. The van der Waals surface area contributed by atoms with Crippen molar-refractivity contribution in [3.05, 3.63) is 53.6 Å². The molecule has 138 valence electrons. The van der Waals surface area contributed by atoms with E-state index in [1.54, 1.807) is 25.1 Å². The summed E-state index contributed by atoms with van der Waals surface area (Å²) in [5.41, 5.74) is 1.59. The average Bonchev–Trinajstić information content (AvgIpc) is 3.01. The lowest BCUT2D eigenvalue weighted by Gasteiger charge is -2.19. The standard InChI is InChI=1S/C17H17F2N3O3S/c1-2-26(24,25)22-8-7-11-3-5-13(10-16(11)22)20-17(23)21-15-6-4-12(18)9-14(15)19/h3-6,9-10H,2,7-8H2,1H3,(H2,20,21,23). The number of sulfonamides is 1. The fraction of sp³-hybridized carbons (Fsp3) is 0.235. The van der Waals surface area contributed by atoms with E-state index in [4.69, 9.17) is 0 Å². The van der Waals surface area contributed by atoms with Crippen molar-refractivity contribution in [2.24, 2.45) is 0 Å². The van der Waals surface area contributed by atoms with Gasteiger partial charge in [-0.15, -0.1) is 0 Å². The Morgan fingerprint density at radius 3 is 2.62 bits per heavy atom. The molecule has 3 rings (SSSR count). The molecule has 0 saturated heterocycles. The highest BCUT2D eigenvalue weighted by molar-refractivity contribution is 7.92. The number of fused-ring (bicyclic) bond motifs is 1. The maximum atomic E-state index is 13.6. The summed E-state index contributed by atoms with van der Waals surface area (Å²) in [5.74, 6) is -1.66. The van der Waals surface area contributed by atoms with Crippen LogP contribution in [0.1, 0.15) is 12.5 Å². The number of carbonyl (C=O) groups excluding carboxylic acids is 1. The van der Waals surface area contributed by atoms with Gasteiger partial charge in [0.25, 0.3) is 0 Å². The highest BCUT2D eigenvalue weighted by Crippen LogP contribution is 2.33. The normalized spacial score (nSPS) is 13.4. The van der Waals surface area contributed by atoms with E-state index in [9.17, 15) is 22.0 Å². The Morgan fingerprint density at radius 2 is 1.92 bits per heavy atom. The fourth-order valence-corrected chi connectivity index (χ4v) is 3.90. The van der Waals surface area contributed by atoms with Crippen LogP contribution in [0.3, 0.4) is 0 Å². The number of carbonyl (C=O) groups is 1. The van der Waals surface area contributed by atoms with Crippen molar-refractivity contribution >= 4 is 33.1 Å². The summed E-state index contributed by atoms with van der Waals surface area (Å²) in [6, 6.07) is 7.03. The van der Waals surface area contributed by atoms with E-state index in [1.807, 2.05) is 0 Å². The Morgan fingerprint density at radius 1 is 1.15 bits per heavy atom. The van der Waals surface area contributed by atoms with Gasteiger partial charge in [0.15, 0.2) is 0 Å². The first-order chi connectivity index (χ1) is 12.3. The summed E-state index contributed by atoms with van der Waals surface area (Å²) >= 11 is 0. The third-order valence-corrected chi connectivity index (χ3v) is 5.86. The van der Waals surface area contributed by atoms with Crippen molar-refractivity contribution in [1.82, 2.24) is 0 Å². The summed E-state index contributed by atoms with van der Waals surface area (Å²) in [4.78, 5) is 12.0. The molecular formula is C17H17F2N3O3S. The number of anilines is 3. The summed E-state index contributed by atoms with van der Waals surface area (Å²) in [6.45, 7) is 1.93. The molecule has 0 aromatic heterocycles. The molecule has 0 atom stereocenters. The lowest BCUT2D eigenvalue weighted by Crippen LogP contribution is -2.30. The smallest absolute Gasteiger partial charge is 0.308 e. The topological polar surface area (TPSA) is 78.5 Å². The molecule has 2 aromatic rings. The Bertz CT molecular complexity index is 964. The molecule has 0 saturated carbocycles. The zero-order chi connectivity index (χ0) is 18.9. The van der Waals surface area contributed by atoms with Crippen molar-refractivity contribution in [3.8, 4) is 0 Å². The zero-order valence-corrected chi connectivity index (χ0v) is 14.7. The first-order valence-electron chi connectivity index (χ1n) is 7.96. The molecule has 0 aliphatic carbocycles. The highest BCUT2D eigenvalue weighted by atomic mass is 32.2. The van der Waals surface area contributed by atoms with Gasteiger partial charge in [0.2, 0.25) is 10.0 Å². The largest absolute Gasteiger partial charge is 0.323 e. The number of hydrogen-bond donors (Lipinski definition) is 2. The summed E-state index contributed by atoms with van der Waals surface area (Å²) < 4.78 is 52.1. The molecule has 9 heteroatoms. The van der Waals surface area contributed by atoms with Crippen LogP contribution in [-0.4, -0.2) is 26.7 Å². The van der Waals surface area contributed by atoms with E-state index in [2.05, 4.69) is 10.6 Å². The predicted octanol–water partition coefficient (Wildman–Crippen LogP) is 3.32. The van der Waals surface area contributed by atoms with E-state index >= 15 is 0 Å². The van der Waals surface area contributed by atoms with Crippen LogP contribution in [0.15, 0.2) is 36.4 Å². The lowest BCUT2D eigenvalue weighted by molar-refractivity contribution is 0.262. The van der Waals surface area contributed by atoms with Gasteiger partial charge in [-0.25, -0.2) is 22.0 Å². The van der Waals surface area contributed by atoms with Crippen LogP contribution in [0, 0.1) is 11.6 Å². The SMILES string of the molecule is CCS(=O)(=O)N1CCc2ccc(NC(=O)Nc3ccc(F)cc3F)cc21. The molecule has 2 N–H and O–H groups in total. The Hall–Kier alpha value is -2.68. The molecule has 0 spiro atoms. The van der Waals surface area contributed by atoms with Crippen LogP contribution in [0.5, 0.6) is 0 Å².